The molecule has 2 fully saturated rings. The van der Waals surface area contributed by atoms with Crippen LogP contribution in [0.15, 0.2) is 23.1 Å². The molecule has 33 heavy (non-hydrogen) atoms. The summed E-state index contributed by atoms with van der Waals surface area (Å²) in [6, 6.07) is 5.13. The summed E-state index contributed by atoms with van der Waals surface area (Å²) in [6.07, 6.45) is 5.34. The molecule has 2 heterocycles. The summed E-state index contributed by atoms with van der Waals surface area (Å²) in [7, 11) is -0.601. The molecule has 0 unspecified atom stereocenters. The molecular formula is C23H32N4O5S. The molecule has 1 atom stereocenters. The highest BCUT2D eigenvalue weighted by Gasteiger charge is 2.39. The molecule has 0 radical (unpaired) electrons. The molecule has 0 spiro atoms. The van der Waals surface area contributed by atoms with Gasteiger partial charge in [0.2, 0.25) is 15.9 Å². The van der Waals surface area contributed by atoms with Crippen molar-refractivity contribution in [3.63, 3.8) is 0 Å². The molecule has 1 aliphatic heterocycles. The second kappa shape index (κ2) is 9.42. The summed E-state index contributed by atoms with van der Waals surface area (Å²) in [4.78, 5) is 31.8. The largest absolute Gasteiger partial charge is 0.457 e. The molecule has 4 rings (SSSR count). The zero-order valence-electron chi connectivity index (χ0n) is 19.5. The molecule has 0 N–H and O–H groups in total. The van der Waals surface area contributed by atoms with Crippen molar-refractivity contribution in [1.29, 1.82) is 0 Å². The van der Waals surface area contributed by atoms with Gasteiger partial charge in [-0.25, -0.2) is 17.7 Å². The van der Waals surface area contributed by atoms with E-state index in [1.165, 1.54) is 14.1 Å². The number of hydrogen-bond acceptors (Lipinski definition) is 6. The minimum atomic E-state index is -3.58. The minimum absolute atomic E-state index is 0.0165. The zero-order chi connectivity index (χ0) is 23.8. The second-order valence-corrected chi connectivity index (χ2v) is 11.3. The van der Waals surface area contributed by atoms with E-state index in [1.54, 1.807) is 18.2 Å². The summed E-state index contributed by atoms with van der Waals surface area (Å²) in [6.45, 7) is 3.12. The maximum absolute atomic E-state index is 12.7. The average molecular weight is 477 g/mol. The Morgan fingerprint density at radius 2 is 1.97 bits per heavy atom. The Bertz CT molecular complexity index is 1150. The first kappa shape index (κ1) is 23.7. The lowest BCUT2D eigenvalue weighted by molar-refractivity contribution is -0.150. The number of benzene rings is 1. The van der Waals surface area contributed by atoms with Crippen LogP contribution in [-0.4, -0.2) is 65.7 Å². The summed E-state index contributed by atoms with van der Waals surface area (Å²) >= 11 is 0. The van der Waals surface area contributed by atoms with Crippen LogP contribution < -0.4 is 0 Å². The lowest BCUT2D eigenvalue weighted by Crippen LogP contribution is -2.35. The summed E-state index contributed by atoms with van der Waals surface area (Å²) in [5.74, 6) is -0.220. The molecule has 1 aromatic carbocycles. The fraction of sp³-hybridized carbons (Fsp3) is 0.609. The maximum atomic E-state index is 12.7. The van der Waals surface area contributed by atoms with Crippen molar-refractivity contribution >= 4 is 32.9 Å². The Balaban J connectivity index is 1.50. The number of sulfonamides is 1. The molecule has 1 saturated heterocycles. The second-order valence-electron chi connectivity index (χ2n) is 9.11. The first-order valence-corrected chi connectivity index (χ1v) is 13.0. The van der Waals surface area contributed by atoms with Gasteiger partial charge in [-0.15, -0.1) is 0 Å². The van der Waals surface area contributed by atoms with E-state index in [4.69, 9.17) is 4.74 Å². The number of rotatable bonds is 8. The van der Waals surface area contributed by atoms with Crippen LogP contribution in [0.4, 0.5) is 0 Å². The molecule has 2 aliphatic rings. The molecule has 1 aliphatic carbocycles. The van der Waals surface area contributed by atoms with Crippen molar-refractivity contribution in [3.8, 4) is 0 Å². The standard InChI is InChI=1S/C23H32N4O5S/c1-4-11-26-20-10-9-18(33(30,31)25(2)3)13-19(20)24-21(26)15-32-23(29)16-12-22(28)27(14-16)17-7-5-6-8-17/h9-10,13,16-17H,4-8,11-12,14-15H2,1-3H3/t16-/m1/s1. The fourth-order valence-corrected chi connectivity index (χ4v) is 5.75. The topological polar surface area (TPSA) is 102 Å². The van der Waals surface area contributed by atoms with Gasteiger partial charge in [-0.2, -0.15) is 0 Å². The van der Waals surface area contributed by atoms with Gasteiger partial charge in [0.25, 0.3) is 0 Å². The molecule has 0 bridgehead atoms. The third-order valence-corrected chi connectivity index (χ3v) is 8.44. The fourth-order valence-electron chi connectivity index (χ4n) is 4.83. The van der Waals surface area contributed by atoms with E-state index in [9.17, 15) is 18.0 Å². The van der Waals surface area contributed by atoms with Gasteiger partial charge in [0.15, 0.2) is 0 Å². The van der Waals surface area contributed by atoms with Gasteiger partial charge < -0.3 is 14.2 Å². The smallest absolute Gasteiger partial charge is 0.311 e. The van der Waals surface area contributed by atoms with Crippen molar-refractivity contribution in [2.75, 3.05) is 20.6 Å². The van der Waals surface area contributed by atoms with E-state index in [0.717, 1.165) is 41.9 Å². The van der Waals surface area contributed by atoms with Gasteiger partial charge in [-0.1, -0.05) is 19.8 Å². The Hall–Kier alpha value is -2.46. The number of ether oxygens (including phenoxy) is 1. The number of hydrogen-bond donors (Lipinski definition) is 0. The third-order valence-electron chi connectivity index (χ3n) is 6.63. The Kier molecular flexibility index (Phi) is 6.76. The first-order valence-electron chi connectivity index (χ1n) is 11.6. The van der Waals surface area contributed by atoms with Gasteiger partial charge in [0.1, 0.15) is 12.4 Å². The van der Waals surface area contributed by atoms with E-state index in [2.05, 4.69) is 4.98 Å². The highest BCUT2D eigenvalue weighted by atomic mass is 32.2. The van der Waals surface area contributed by atoms with Crippen LogP contribution in [0.1, 0.15) is 51.3 Å². The third kappa shape index (κ3) is 4.63. The van der Waals surface area contributed by atoms with Crippen LogP contribution in [0.25, 0.3) is 11.0 Å². The van der Waals surface area contributed by atoms with Gasteiger partial charge in [-0.3, -0.25) is 9.59 Å². The number of esters is 1. The molecule has 1 saturated carbocycles. The molecule has 9 nitrogen and oxygen atoms in total. The SMILES string of the molecule is CCCn1c(COC(=O)[C@@H]2CC(=O)N(C3CCCC3)C2)nc2cc(S(=O)(=O)N(C)C)ccc21. The molecule has 10 heteroatoms. The highest BCUT2D eigenvalue weighted by molar-refractivity contribution is 7.89. The van der Waals surface area contributed by atoms with Crippen molar-refractivity contribution in [3.05, 3.63) is 24.0 Å². The predicted octanol–water partition coefficient (Wildman–Crippen LogP) is 2.53. The molecule has 2 aromatic rings. The summed E-state index contributed by atoms with van der Waals surface area (Å²) < 4.78 is 33.7. The van der Waals surface area contributed by atoms with Crippen LogP contribution >= 0.6 is 0 Å². The van der Waals surface area contributed by atoms with E-state index in [0.29, 0.717) is 24.4 Å². The van der Waals surface area contributed by atoms with Crippen LogP contribution in [0.3, 0.4) is 0 Å². The monoisotopic (exact) mass is 476 g/mol. The molecular weight excluding hydrogens is 444 g/mol. The number of nitrogens with zero attached hydrogens (tertiary/aromatic N) is 4. The lowest BCUT2D eigenvalue weighted by Gasteiger charge is -2.23. The van der Waals surface area contributed by atoms with E-state index >= 15 is 0 Å². The summed E-state index contributed by atoms with van der Waals surface area (Å²) in [5.41, 5.74) is 1.34. The first-order chi connectivity index (χ1) is 15.7. The van der Waals surface area contributed by atoms with Crippen LogP contribution in [0.5, 0.6) is 0 Å². The van der Waals surface area contributed by atoms with Gasteiger partial charge in [0, 0.05) is 39.6 Å². The van der Waals surface area contributed by atoms with Crippen molar-refractivity contribution in [2.24, 2.45) is 5.92 Å². The molecule has 1 amide bonds. The van der Waals surface area contributed by atoms with Gasteiger partial charge in [0.05, 0.1) is 21.8 Å². The quantitative estimate of drug-likeness (QED) is 0.543. The number of amides is 1. The predicted molar refractivity (Wildman–Crippen MR) is 123 cm³/mol. The van der Waals surface area contributed by atoms with E-state index in [1.807, 2.05) is 16.4 Å². The zero-order valence-corrected chi connectivity index (χ0v) is 20.3. The summed E-state index contributed by atoms with van der Waals surface area (Å²) in [5, 5.41) is 0. The van der Waals surface area contributed by atoms with Gasteiger partial charge in [-0.05, 0) is 37.5 Å². The minimum Gasteiger partial charge on any atom is -0.457 e. The Morgan fingerprint density at radius 1 is 1.24 bits per heavy atom. The van der Waals surface area contributed by atoms with E-state index < -0.39 is 15.9 Å². The number of imidazole rings is 1. The number of carbonyl (C=O) groups excluding carboxylic acids is 2. The van der Waals surface area contributed by atoms with Crippen LogP contribution in [-0.2, 0) is 37.5 Å². The number of likely N-dealkylation sites (tertiary alicyclic amines) is 1. The van der Waals surface area contributed by atoms with Crippen molar-refractivity contribution < 1.29 is 22.7 Å². The lowest BCUT2D eigenvalue weighted by atomic mass is 10.1. The van der Waals surface area contributed by atoms with Gasteiger partial charge >= 0.3 is 5.97 Å². The number of fused-ring (bicyclic) bond motifs is 1. The Labute approximate surface area is 194 Å². The molecule has 1 aromatic heterocycles. The number of carbonyl (C=O) groups is 2. The Morgan fingerprint density at radius 3 is 2.64 bits per heavy atom. The van der Waals surface area contributed by atoms with Crippen LogP contribution in [0, 0.1) is 5.92 Å². The van der Waals surface area contributed by atoms with Crippen molar-refractivity contribution in [2.45, 2.75) is 69.5 Å². The normalized spacial score (nSPS) is 19.8. The maximum Gasteiger partial charge on any atom is 0.311 e. The average Bonchev–Trinajstić information content (AvgIpc) is 3.51. The molecule has 180 valence electrons. The highest BCUT2D eigenvalue weighted by Crippen LogP contribution is 2.30. The van der Waals surface area contributed by atoms with E-state index in [-0.39, 0.29) is 35.8 Å². The number of aryl methyl sites for hydroxylation is 1. The van der Waals surface area contributed by atoms with Crippen LogP contribution in [0.2, 0.25) is 0 Å². The van der Waals surface area contributed by atoms with Crippen molar-refractivity contribution in [1.82, 2.24) is 18.8 Å². The number of aromatic nitrogens is 2.